The lowest BCUT2D eigenvalue weighted by atomic mass is 10.00. The molecule has 0 aliphatic carbocycles. The van der Waals surface area contributed by atoms with E-state index in [9.17, 15) is 18.0 Å². The van der Waals surface area contributed by atoms with E-state index >= 15 is 0 Å². The molecule has 0 saturated heterocycles. The number of nitrogens with zero attached hydrogens (tertiary/aromatic N) is 2. The van der Waals surface area contributed by atoms with Gasteiger partial charge < -0.3 is 23.7 Å². The van der Waals surface area contributed by atoms with Gasteiger partial charge in [-0.05, 0) is 19.1 Å². The van der Waals surface area contributed by atoms with Crippen molar-refractivity contribution in [3.05, 3.63) is 35.0 Å². The standard InChI is InChI=1S/C20H26N2O9S/c1-12-14(7-8-16(32(6,25)26)18(12)29-10-9-27-4)17(23)15-11-21-22(3)19(15)30-13(2)31-20(24)28-5/h7-8,11,13H,9-10H2,1-6H3. The smallest absolute Gasteiger partial charge is 0.490 e. The van der Waals surface area contributed by atoms with Gasteiger partial charge in [0.15, 0.2) is 15.6 Å². The van der Waals surface area contributed by atoms with Crippen LogP contribution in [0.2, 0.25) is 0 Å². The monoisotopic (exact) mass is 470 g/mol. The number of carbonyl (C=O) groups is 2. The molecule has 32 heavy (non-hydrogen) atoms. The van der Waals surface area contributed by atoms with Crippen LogP contribution < -0.4 is 9.47 Å². The van der Waals surface area contributed by atoms with E-state index < -0.39 is 28.1 Å². The maximum atomic E-state index is 13.3. The molecule has 0 saturated carbocycles. The molecule has 1 atom stereocenters. The normalized spacial score (nSPS) is 12.2. The average Bonchev–Trinajstić information content (AvgIpc) is 3.07. The van der Waals surface area contributed by atoms with Crippen molar-refractivity contribution in [2.75, 3.05) is 33.7 Å². The average molecular weight is 471 g/mol. The molecule has 0 aliphatic rings. The highest BCUT2D eigenvalue weighted by Crippen LogP contribution is 2.33. The molecule has 2 rings (SSSR count). The van der Waals surface area contributed by atoms with Crippen LogP contribution in [0, 0.1) is 6.92 Å². The number of aromatic nitrogens is 2. The van der Waals surface area contributed by atoms with Crippen LogP contribution in [-0.2, 0) is 31.1 Å². The summed E-state index contributed by atoms with van der Waals surface area (Å²) in [7, 11) is 0.583. The van der Waals surface area contributed by atoms with Crippen LogP contribution >= 0.6 is 0 Å². The maximum Gasteiger partial charge on any atom is 0.511 e. The first-order chi connectivity index (χ1) is 15.0. The molecule has 0 bridgehead atoms. The summed E-state index contributed by atoms with van der Waals surface area (Å²) in [6, 6.07) is 2.72. The SMILES string of the molecule is COCCOc1c(S(C)(=O)=O)ccc(C(=O)c2cnn(C)c2OC(C)OC(=O)OC)c1C. The van der Waals surface area contributed by atoms with Crippen molar-refractivity contribution in [3.8, 4) is 11.6 Å². The van der Waals surface area contributed by atoms with Crippen LogP contribution in [0.5, 0.6) is 11.6 Å². The summed E-state index contributed by atoms with van der Waals surface area (Å²) in [4.78, 5) is 24.6. The van der Waals surface area contributed by atoms with Crippen LogP contribution in [0.4, 0.5) is 4.79 Å². The Morgan fingerprint density at radius 1 is 1.16 bits per heavy atom. The molecule has 0 radical (unpaired) electrons. The summed E-state index contributed by atoms with van der Waals surface area (Å²) in [6.07, 6.45) is 0.351. The minimum absolute atomic E-state index is 0.0367. The summed E-state index contributed by atoms with van der Waals surface area (Å²) in [5.41, 5.74) is 0.623. The Morgan fingerprint density at radius 2 is 1.84 bits per heavy atom. The van der Waals surface area contributed by atoms with E-state index in [0.29, 0.717) is 5.56 Å². The molecule has 11 nitrogen and oxygen atoms in total. The second-order valence-corrected chi connectivity index (χ2v) is 8.74. The van der Waals surface area contributed by atoms with Crippen LogP contribution in [0.15, 0.2) is 23.2 Å². The quantitative estimate of drug-likeness (QED) is 0.219. The Kier molecular flexibility index (Phi) is 8.22. The van der Waals surface area contributed by atoms with E-state index in [1.165, 1.54) is 37.0 Å². The Bertz CT molecular complexity index is 1090. The second kappa shape index (κ2) is 10.5. The van der Waals surface area contributed by atoms with Crippen molar-refractivity contribution >= 4 is 21.8 Å². The van der Waals surface area contributed by atoms with Crippen LogP contribution in [0.1, 0.15) is 28.4 Å². The number of aryl methyl sites for hydroxylation is 1. The third-order valence-electron chi connectivity index (χ3n) is 4.38. The fraction of sp³-hybridized carbons (Fsp3) is 0.450. The third-order valence-corrected chi connectivity index (χ3v) is 5.50. The van der Waals surface area contributed by atoms with Gasteiger partial charge in [-0.1, -0.05) is 0 Å². The molecule has 176 valence electrons. The van der Waals surface area contributed by atoms with Gasteiger partial charge in [-0.3, -0.25) is 4.79 Å². The fourth-order valence-electron chi connectivity index (χ4n) is 2.84. The molecular weight excluding hydrogens is 444 g/mol. The molecule has 0 aliphatic heterocycles. The molecule has 0 N–H and O–H groups in total. The predicted molar refractivity (Wildman–Crippen MR) is 112 cm³/mol. The van der Waals surface area contributed by atoms with E-state index in [0.717, 1.165) is 13.4 Å². The zero-order chi connectivity index (χ0) is 24.1. The van der Waals surface area contributed by atoms with Crippen LogP contribution in [-0.4, -0.2) is 70.1 Å². The Morgan fingerprint density at radius 3 is 2.44 bits per heavy atom. The minimum atomic E-state index is -3.61. The molecule has 0 fully saturated rings. The molecule has 1 unspecified atom stereocenters. The van der Waals surface area contributed by atoms with Gasteiger partial charge in [-0.15, -0.1) is 0 Å². The van der Waals surface area contributed by atoms with Gasteiger partial charge in [0.2, 0.25) is 12.2 Å². The van der Waals surface area contributed by atoms with Gasteiger partial charge in [0, 0.05) is 38.5 Å². The topological polar surface area (TPSA) is 132 Å². The highest BCUT2D eigenvalue weighted by atomic mass is 32.2. The van der Waals surface area contributed by atoms with Gasteiger partial charge in [0.25, 0.3) is 0 Å². The number of benzene rings is 1. The molecule has 0 amide bonds. The maximum absolute atomic E-state index is 13.3. The van der Waals surface area contributed by atoms with Crippen molar-refractivity contribution in [1.82, 2.24) is 9.78 Å². The van der Waals surface area contributed by atoms with Gasteiger partial charge in [0.05, 0.1) is 19.9 Å². The van der Waals surface area contributed by atoms with Gasteiger partial charge in [-0.25, -0.2) is 17.9 Å². The summed E-state index contributed by atoms with van der Waals surface area (Å²) in [5.74, 6) is -0.350. The molecule has 2 aromatic rings. The lowest BCUT2D eigenvalue weighted by Gasteiger charge is -2.17. The van der Waals surface area contributed by atoms with Crippen LogP contribution in [0.3, 0.4) is 0 Å². The van der Waals surface area contributed by atoms with E-state index in [4.69, 9.17) is 18.9 Å². The molecular formula is C20H26N2O9S. The number of sulfone groups is 1. The van der Waals surface area contributed by atoms with Crippen molar-refractivity contribution in [2.45, 2.75) is 25.0 Å². The summed E-state index contributed by atoms with van der Waals surface area (Å²) >= 11 is 0. The largest absolute Gasteiger partial charge is 0.511 e. The highest BCUT2D eigenvalue weighted by molar-refractivity contribution is 7.90. The molecule has 1 heterocycles. The van der Waals surface area contributed by atoms with Crippen molar-refractivity contribution in [1.29, 1.82) is 0 Å². The number of rotatable bonds is 10. The number of carbonyl (C=O) groups excluding carboxylic acids is 2. The first-order valence-electron chi connectivity index (χ1n) is 9.44. The fourth-order valence-corrected chi connectivity index (χ4v) is 3.71. The number of hydrogen-bond acceptors (Lipinski definition) is 10. The van der Waals surface area contributed by atoms with Crippen LogP contribution in [0.25, 0.3) is 0 Å². The Labute approximate surface area is 186 Å². The van der Waals surface area contributed by atoms with Crippen molar-refractivity contribution in [3.63, 3.8) is 0 Å². The first kappa shape index (κ1) is 25.1. The lowest BCUT2D eigenvalue weighted by molar-refractivity contribution is -0.0510. The van der Waals surface area contributed by atoms with E-state index in [2.05, 4.69) is 9.84 Å². The molecule has 1 aromatic heterocycles. The third kappa shape index (κ3) is 5.77. The Balaban J connectivity index is 2.46. The Hall–Kier alpha value is -3.12. The summed E-state index contributed by atoms with van der Waals surface area (Å²) in [5, 5.41) is 4.04. The van der Waals surface area contributed by atoms with E-state index in [-0.39, 0.29) is 40.9 Å². The highest BCUT2D eigenvalue weighted by Gasteiger charge is 2.27. The summed E-state index contributed by atoms with van der Waals surface area (Å²) < 4.78 is 51.2. The number of methoxy groups -OCH3 is 2. The minimum Gasteiger partial charge on any atom is -0.490 e. The number of hydrogen-bond donors (Lipinski definition) is 0. The van der Waals surface area contributed by atoms with Crippen molar-refractivity contribution < 1.29 is 41.7 Å². The van der Waals surface area contributed by atoms with Crippen molar-refractivity contribution in [2.24, 2.45) is 7.05 Å². The molecule has 1 aromatic carbocycles. The zero-order valence-corrected chi connectivity index (χ0v) is 19.5. The number of ketones is 1. The molecule has 12 heteroatoms. The van der Waals surface area contributed by atoms with E-state index in [1.54, 1.807) is 14.0 Å². The van der Waals surface area contributed by atoms with Gasteiger partial charge >= 0.3 is 6.16 Å². The molecule has 0 spiro atoms. The van der Waals surface area contributed by atoms with Gasteiger partial charge in [-0.2, -0.15) is 5.10 Å². The van der Waals surface area contributed by atoms with Gasteiger partial charge in [0.1, 0.15) is 22.8 Å². The first-order valence-corrected chi connectivity index (χ1v) is 11.3. The number of ether oxygens (including phenoxy) is 5. The second-order valence-electron chi connectivity index (χ2n) is 6.75. The predicted octanol–water partition coefficient (Wildman–Crippen LogP) is 1.90. The lowest BCUT2D eigenvalue weighted by Crippen LogP contribution is -2.23. The summed E-state index contributed by atoms with van der Waals surface area (Å²) in [6.45, 7) is 3.37. The van der Waals surface area contributed by atoms with E-state index in [1.807, 2.05) is 0 Å². The zero-order valence-electron chi connectivity index (χ0n) is 18.7.